The molecule has 1 aromatic heterocycles. The minimum absolute atomic E-state index is 0.0511. The number of ether oxygens (including phenoxy) is 1. The van der Waals surface area contributed by atoms with Crippen LogP contribution in [0.1, 0.15) is 28.5 Å². The van der Waals surface area contributed by atoms with Gasteiger partial charge in [-0.25, -0.2) is 9.59 Å². The zero-order valence-corrected chi connectivity index (χ0v) is 16.3. The molecule has 0 fully saturated rings. The molecule has 8 heteroatoms. The van der Waals surface area contributed by atoms with Gasteiger partial charge in [0.05, 0.1) is 17.2 Å². The first-order valence-electron chi connectivity index (χ1n) is 8.30. The molecule has 0 radical (unpaired) electrons. The molecule has 2 aromatic carbocycles. The van der Waals surface area contributed by atoms with Crippen molar-refractivity contribution in [3.05, 3.63) is 63.3 Å². The van der Waals surface area contributed by atoms with Crippen LogP contribution >= 0.6 is 23.2 Å². The molecule has 0 amide bonds. The van der Waals surface area contributed by atoms with Gasteiger partial charge >= 0.3 is 11.9 Å². The third kappa shape index (κ3) is 3.83. The molecule has 0 spiro atoms. The topological polar surface area (TPSA) is 105 Å². The van der Waals surface area contributed by atoms with Crippen LogP contribution in [0.3, 0.4) is 0 Å². The van der Waals surface area contributed by atoms with Crippen LogP contribution in [0.2, 0.25) is 10.0 Å². The van der Waals surface area contributed by atoms with Crippen molar-refractivity contribution in [1.82, 2.24) is 4.98 Å². The molecule has 4 N–H and O–H groups in total. The number of nitrogens with one attached hydrogen (secondary N) is 1. The van der Waals surface area contributed by atoms with E-state index >= 15 is 0 Å². The summed E-state index contributed by atoms with van der Waals surface area (Å²) in [4.78, 5) is 27.3. The van der Waals surface area contributed by atoms with E-state index in [1.165, 1.54) is 18.2 Å². The molecule has 0 aliphatic carbocycles. The number of aromatic amines is 1. The molecule has 0 atom stereocenters. The Hall–Kier alpha value is -2.96. The molecule has 0 saturated heterocycles. The van der Waals surface area contributed by atoms with Crippen molar-refractivity contribution < 1.29 is 19.4 Å². The van der Waals surface area contributed by atoms with Crippen LogP contribution in [0.15, 0.2) is 36.4 Å². The molecule has 1 heterocycles. The monoisotopic (exact) mass is 418 g/mol. The van der Waals surface area contributed by atoms with Gasteiger partial charge < -0.3 is 20.6 Å². The molecule has 3 aromatic rings. The summed E-state index contributed by atoms with van der Waals surface area (Å²) in [6.45, 7) is 1.84. The maximum absolute atomic E-state index is 12.4. The molecule has 0 bridgehead atoms. The Bertz CT molecular complexity index is 1120. The lowest BCUT2D eigenvalue weighted by molar-refractivity contribution is -0.130. The van der Waals surface area contributed by atoms with Crippen molar-refractivity contribution in [2.45, 2.75) is 6.92 Å². The number of carbonyl (C=O) groups excluding carboxylic acids is 1. The number of carboxylic acids is 1. The SMILES string of the molecule is CCOC(=O)c1[nH]c2cc(Cl)cc(Cl)c2c1/C=C(\C(=O)O)c1cccc(N)c1. The standard InChI is InChI=1S/C20H16Cl2N2O4/c1-2-28-20(27)18-14(17-15(22)7-11(21)8-16(17)24-18)9-13(19(25)26)10-4-3-5-12(23)6-10/h3-9,24H,2,23H2,1H3,(H,25,26)/b13-9-. The number of nitrogens with two attached hydrogens (primary N) is 1. The van der Waals surface area contributed by atoms with Gasteiger partial charge in [-0.3, -0.25) is 0 Å². The summed E-state index contributed by atoms with van der Waals surface area (Å²) < 4.78 is 5.09. The van der Waals surface area contributed by atoms with Crippen LogP contribution in [-0.2, 0) is 9.53 Å². The van der Waals surface area contributed by atoms with Crippen molar-refractivity contribution >= 4 is 63.4 Å². The summed E-state index contributed by atoms with van der Waals surface area (Å²) in [5, 5.41) is 10.9. The number of carbonyl (C=O) groups is 2. The second kappa shape index (κ2) is 7.96. The van der Waals surface area contributed by atoms with Crippen LogP contribution in [0.4, 0.5) is 5.69 Å². The summed E-state index contributed by atoms with van der Waals surface area (Å²) in [6, 6.07) is 9.58. The van der Waals surface area contributed by atoms with Crippen molar-refractivity contribution in [3.63, 3.8) is 0 Å². The van der Waals surface area contributed by atoms with E-state index in [0.29, 0.717) is 32.7 Å². The normalized spacial score (nSPS) is 11.6. The van der Waals surface area contributed by atoms with E-state index < -0.39 is 11.9 Å². The lowest BCUT2D eigenvalue weighted by Gasteiger charge is -2.06. The van der Waals surface area contributed by atoms with Gasteiger partial charge in [-0.15, -0.1) is 0 Å². The van der Waals surface area contributed by atoms with E-state index in [9.17, 15) is 14.7 Å². The number of hydrogen-bond acceptors (Lipinski definition) is 4. The zero-order chi connectivity index (χ0) is 20.4. The number of benzene rings is 2. The van der Waals surface area contributed by atoms with Gasteiger partial charge in [-0.2, -0.15) is 0 Å². The Labute approximate surface area is 170 Å². The average molecular weight is 419 g/mol. The molecular weight excluding hydrogens is 403 g/mol. The Morgan fingerprint density at radius 2 is 2.00 bits per heavy atom. The maximum Gasteiger partial charge on any atom is 0.355 e. The first kappa shape index (κ1) is 19.8. The van der Waals surface area contributed by atoms with Gasteiger partial charge in [0.25, 0.3) is 0 Å². The third-order valence-corrected chi connectivity index (χ3v) is 4.57. The second-order valence-electron chi connectivity index (χ2n) is 5.93. The van der Waals surface area contributed by atoms with E-state index in [2.05, 4.69) is 4.98 Å². The highest BCUT2D eigenvalue weighted by atomic mass is 35.5. The summed E-state index contributed by atoms with van der Waals surface area (Å²) in [5.41, 5.74) is 7.42. The van der Waals surface area contributed by atoms with E-state index in [0.717, 1.165) is 0 Å². The maximum atomic E-state index is 12.4. The molecule has 0 saturated carbocycles. The number of H-pyrrole nitrogens is 1. The number of esters is 1. The highest BCUT2D eigenvalue weighted by molar-refractivity contribution is 6.39. The predicted molar refractivity (Wildman–Crippen MR) is 111 cm³/mol. The fourth-order valence-corrected chi connectivity index (χ4v) is 3.50. The largest absolute Gasteiger partial charge is 0.478 e. The summed E-state index contributed by atoms with van der Waals surface area (Å²) in [5.74, 6) is -1.81. The highest BCUT2D eigenvalue weighted by Crippen LogP contribution is 2.35. The number of nitrogen functional groups attached to an aromatic ring is 1. The fraction of sp³-hybridized carbons (Fsp3) is 0.100. The minimum Gasteiger partial charge on any atom is -0.478 e. The lowest BCUT2D eigenvalue weighted by atomic mass is 10.0. The average Bonchev–Trinajstić information content (AvgIpc) is 2.98. The van der Waals surface area contributed by atoms with Gasteiger partial charge in [-0.1, -0.05) is 35.3 Å². The second-order valence-corrected chi connectivity index (χ2v) is 6.78. The molecule has 3 rings (SSSR count). The van der Waals surface area contributed by atoms with Gasteiger partial charge in [0.1, 0.15) is 5.69 Å². The Morgan fingerprint density at radius 3 is 2.64 bits per heavy atom. The zero-order valence-electron chi connectivity index (χ0n) is 14.8. The minimum atomic E-state index is -1.18. The van der Waals surface area contributed by atoms with E-state index in [4.69, 9.17) is 33.7 Å². The smallest absolute Gasteiger partial charge is 0.355 e. The van der Waals surface area contributed by atoms with Crippen molar-refractivity contribution in [2.24, 2.45) is 0 Å². The number of aliphatic carboxylic acids is 1. The molecule has 28 heavy (non-hydrogen) atoms. The van der Waals surface area contributed by atoms with Crippen molar-refractivity contribution in [2.75, 3.05) is 12.3 Å². The van der Waals surface area contributed by atoms with Crippen LogP contribution < -0.4 is 5.73 Å². The Kier molecular flexibility index (Phi) is 5.63. The van der Waals surface area contributed by atoms with Crippen LogP contribution in [-0.4, -0.2) is 28.6 Å². The van der Waals surface area contributed by atoms with E-state index in [1.807, 2.05) is 0 Å². The molecule has 144 valence electrons. The first-order chi connectivity index (χ1) is 13.3. The number of rotatable bonds is 5. The number of hydrogen-bond donors (Lipinski definition) is 3. The number of halogens is 2. The number of fused-ring (bicyclic) bond motifs is 1. The summed E-state index contributed by atoms with van der Waals surface area (Å²) >= 11 is 12.4. The summed E-state index contributed by atoms with van der Waals surface area (Å²) in [7, 11) is 0. The number of aromatic nitrogens is 1. The molecular formula is C20H16Cl2N2O4. The van der Waals surface area contributed by atoms with Crippen molar-refractivity contribution in [1.29, 1.82) is 0 Å². The number of anilines is 1. The Morgan fingerprint density at radius 1 is 1.25 bits per heavy atom. The van der Waals surface area contributed by atoms with Crippen molar-refractivity contribution in [3.8, 4) is 0 Å². The van der Waals surface area contributed by atoms with E-state index in [-0.39, 0.29) is 22.9 Å². The van der Waals surface area contributed by atoms with Gasteiger partial charge in [-0.05, 0) is 42.8 Å². The molecule has 0 aliphatic rings. The molecule has 0 aliphatic heterocycles. The Balaban J connectivity index is 2.32. The number of carboxylic acid groups (broad SMARTS) is 1. The van der Waals surface area contributed by atoms with Crippen LogP contribution in [0, 0.1) is 0 Å². The lowest BCUT2D eigenvalue weighted by Crippen LogP contribution is -2.07. The molecule has 6 nitrogen and oxygen atoms in total. The van der Waals surface area contributed by atoms with Crippen LogP contribution in [0.25, 0.3) is 22.6 Å². The first-order valence-corrected chi connectivity index (χ1v) is 9.06. The predicted octanol–water partition coefficient (Wildman–Crippen LogP) is 4.86. The molecule has 0 unspecified atom stereocenters. The fourth-order valence-electron chi connectivity index (χ4n) is 2.90. The van der Waals surface area contributed by atoms with Gasteiger partial charge in [0, 0.05) is 27.2 Å². The van der Waals surface area contributed by atoms with E-state index in [1.54, 1.807) is 31.2 Å². The summed E-state index contributed by atoms with van der Waals surface area (Å²) in [6.07, 6.45) is 1.38. The quantitative estimate of drug-likeness (QED) is 0.311. The van der Waals surface area contributed by atoms with Gasteiger partial charge in [0.15, 0.2) is 0 Å². The van der Waals surface area contributed by atoms with Crippen LogP contribution in [0.5, 0.6) is 0 Å². The highest BCUT2D eigenvalue weighted by Gasteiger charge is 2.22. The third-order valence-electron chi connectivity index (χ3n) is 4.05. The van der Waals surface area contributed by atoms with Gasteiger partial charge in [0.2, 0.25) is 0 Å².